The van der Waals surface area contributed by atoms with Gasteiger partial charge >= 0.3 is 6.09 Å². The molecule has 0 aromatic heterocycles. The van der Waals surface area contributed by atoms with Crippen molar-refractivity contribution in [1.29, 1.82) is 0 Å². The van der Waals surface area contributed by atoms with Crippen LogP contribution in [0.4, 0.5) is 4.79 Å². The number of carbonyl (C=O) groups is 1. The maximum absolute atomic E-state index is 10.8. The predicted octanol–water partition coefficient (Wildman–Crippen LogP) is 0.444. The van der Waals surface area contributed by atoms with Crippen LogP contribution in [0.3, 0.4) is 0 Å². The minimum Gasteiger partial charge on any atom is -0.323 e. The van der Waals surface area contributed by atoms with Crippen molar-refractivity contribution in [3.63, 3.8) is 0 Å². The molecule has 0 saturated heterocycles. The van der Waals surface area contributed by atoms with Crippen molar-refractivity contribution >= 4 is 21.9 Å². The minimum absolute atomic E-state index is 0.360. The van der Waals surface area contributed by atoms with E-state index in [0.29, 0.717) is 11.5 Å². The molecule has 0 aliphatic rings. The van der Waals surface area contributed by atoms with E-state index in [9.17, 15) is 9.00 Å². The fourth-order valence-electron chi connectivity index (χ4n) is 0.458. The number of hydrogen-bond donors (Lipinski definition) is 1. The Morgan fingerprint density at radius 1 is 1.67 bits per heavy atom. The lowest BCUT2D eigenvalue weighted by atomic mass is 10.5. The summed E-state index contributed by atoms with van der Waals surface area (Å²) in [7, 11) is 0.246. The second-order valence-electron chi connectivity index (χ2n) is 1.92. The molecule has 0 aliphatic carbocycles. The monoisotopic (exact) mass is 192 g/mol. The standard InChI is InChI=1S/C6H12N2O3S/c1-4-5(12(3)10)8-11-6(9)7-2/h4H2,1-3H3,(H,7,9). The molecule has 0 bridgehead atoms. The molecule has 0 aliphatic heterocycles. The van der Waals surface area contributed by atoms with E-state index in [0.717, 1.165) is 0 Å². The predicted molar refractivity (Wildman–Crippen MR) is 47.3 cm³/mol. The Morgan fingerprint density at radius 2 is 2.25 bits per heavy atom. The molecule has 1 unspecified atom stereocenters. The first-order valence-electron chi connectivity index (χ1n) is 3.40. The largest absolute Gasteiger partial charge is 0.433 e. The summed E-state index contributed by atoms with van der Waals surface area (Å²) in [5.41, 5.74) is 0. The lowest BCUT2D eigenvalue weighted by molar-refractivity contribution is 0.153. The molecule has 0 spiro atoms. The van der Waals surface area contributed by atoms with Gasteiger partial charge in [0.25, 0.3) is 0 Å². The van der Waals surface area contributed by atoms with E-state index < -0.39 is 16.9 Å². The Hall–Kier alpha value is -0.910. The number of rotatable bonds is 2. The third-order valence-electron chi connectivity index (χ3n) is 1.07. The first kappa shape index (κ1) is 11.1. The maximum Gasteiger partial charge on any atom is 0.433 e. The van der Waals surface area contributed by atoms with E-state index in [2.05, 4.69) is 15.3 Å². The molecule has 0 rings (SSSR count). The van der Waals surface area contributed by atoms with E-state index in [1.165, 1.54) is 13.3 Å². The van der Waals surface area contributed by atoms with Gasteiger partial charge in [-0.1, -0.05) is 12.1 Å². The van der Waals surface area contributed by atoms with Crippen molar-refractivity contribution in [2.24, 2.45) is 5.16 Å². The summed E-state index contributed by atoms with van der Waals surface area (Å²) in [5.74, 6) is 0. The summed E-state index contributed by atoms with van der Waals surface area (Å²) in [6.07, 6.45) is 1.32. The van der Waals surface area contributed by atoms with Crippen molar-refractivity contribution in [3.05, 3.63) is 0 Å². The zero-order valence-corrected chi connectivity index (χ0v) is 8.10. The van der Waals surface area contributed by atoms with Gasteiger partial charge < -0.3 is 5.32 Å². The van der Waals surface area contributed by atoms with Crippen LogP contribution in [-0.2, 0) is 15.6 Å². The molecule has 5 nitrogen and oxygen atoms in total. The molecular formula is C6H12N2O3S. The highest BCUT2D eigenvalue weighted by Crippen LogP contribution is 1.92. The van der Waals surface area contributed by atoms with E-state index in [1.54, 1.807) is 6.92 Å². The molecule has 0 heterocycles. The molecule has 1 amide bonds. The first-order chi connectivity index (χ1) is 5.61. The van der Waals surface area contributed by atoms with Gasteiger partial charge in [-0.05, 0) is 6.42 Å². The van der Waals surface area contributed by atoms with Gasteiger partial charge in [-0.25, -0.2) is 4.79 Å². The van der Waals surface area contributed by atoms with E-state index in [4.69, 9.17) is 0 Å². The Balaban J connectivity index is 4.12. The molecule has 1 N–H and O–H groups in total. The van der Waals surface area contributed by atoms with Crippen LogP contribution in [0.25, 0.3) is 0 Å². The number of amides is 1. The van der Waals surface area contributed by atoms with Crippen LogP contribution in [0.5, 0.6) is 0 Å². The van der Waals surface area contributed by atoms with Gasteiger partial charge in [0.2, 0.25) is 0 Å². The summed E-state index contributed by atoms with van der Waals surface area (Å²) >= 11 is 0. The lowest BCUT2D eigenvalue weighted by Gasteiger charge is -1.98. The number of nitrogens with zero attached hydrogens (tertiary/aromatic N) is 1. The van der Waals surface area contributed by atoms with Gasteiger partial charge in [-0.3, -0.25) is 9.05 Å². The molecule has 0 fully saturated rings. The van der Waals surface area contributed by atoms with Gasteiger partial charge in [0.15, 0.2) is 0 Å². The molecule has 12 heavy (non-hydrogen) atoms. The van der Waals surface area contributed by atoms with Gasteiger partial charge in [0.05, 0.1) is 10.8 Å². The normalized spacial score (nSPS) is 13.8. The lowest BCUT2D eigenvalue weighted by Crippen LogP contribution is -2.18. The van der Waals surface area contributed by atoms with Crippen LogP contribution < -0.4 is 5.32 Å². The van der Waals surface area contributed by atoms with Crippen molar-refractivity contribution in [3.8, 4) is 0 Å². The van der Waals surface area contributed by atoms with Crippen LogP contribution in [0.2, 0.25) is 0 Å². The summed E-state index contributed by atoms with van der Waals surface area (Å²) in [5, 5.41) is 5.99. The Bertz CT molecular complexity index is 215. The summed E-state index contributed by atoms with van der Waals surface area (Å²) in [6.45, 7) is 1.79. The molecular weight excluding hydrogens is 180 g/mol. The van der Waals surface area contributed by atoms with E-state index in [-0.39, 0.29) is 0 Å². The first-order valence-corrected chi connectivity index (χ1v) is 4.96. The van der Waals surface area contributed by atoms with Crippen molar-refractivity contribution in [1.82, 2.24) is 5.32 Å². The third kappa shape index (κ3) is 4.07. The topological polar surface area (TPSA) is 67.8 Å². The Labute approximate surface area is 73.6 Å². The van der Waals surface area contributed by atoms with Crippen molar-refractivity contribution < 1.29 is 13.8 Å². The minimum atomic E-state index is -1.18. The Kier molecular flexibility index (Phi) is 5.27. The average Bonchev–Trinajstić information content (AvgIpc) is 2.04. The van der Waals surface area contributed by atoms with E-state index in [1.807, 2.05) is 0 Å². The van der Waals surface area contributed by atoms with Gasteiger partial charge in [0.1, 0.15) is 5.04 Å². The molecule has 0 radical (unpaired) electrons. The highest BCUT2D eigenvalue weighted by atomic mass is 32.2. The SMILES string of the molecule is CCC(=NOC(=O)NC)S(C)=O. The number of nitrogens with one attached hydrogen (secondary N) is 1. The van der Waals surface area contributed by atoms with Crippen LogP contribution in [0, 0.1) is 0 Å². The second-order valence-corrected chi connectivity index (χ2v) is 3.30. The highest BCUT2D eigenvalue weighted by Gasteiger charge is 2.03. The Morgan fingerprint density at radius 3 is 2.58 bits per heavy atom. The van der Waals surface area contributed by atoms with Gasteiger partial charge in [-0.2, -0.15) is 0 Å². The molecule has 6 heteroatoms. The molecule has 0 aromatic rings. The third-order valence-corrected chi connectivity index (χ3v) is 2.10. The fraction of sp³-hybridized carbons (Fsp3) is 0.667. The fourth-order valence-corrected chi connectivity index (χ4v) is 1.01. The summed E-state index contributed by atoms with van der Waals surface area (Å²) in [6, 6.07) is 0. The second kappa shape index (κ2) is 5.70. The molecule has 0 aromatic carbocycles. The zero-order valence-electron chi connectivity index (χ0n) is 7.29. The van der Waals surface area contributed by atoms with Crippen LogP contribution in [0.15, 0.2) is 5.16 Å². The van der Waals surface area contributed by atoms with E-state index >= 15 is 0 Å². The molecule has 0 saturated carbocycles. The van der Waals surface area contributed by atoms with Crippen LogP contribution in [0.1, 0.15) is 13.3 Å². The highest BCUT2D eigenvalue weighted by molar-refractivity contribution is 8.00. The maximum atomic E-state index is 10.8. The number of hydrogen-bond acceptors (Lipinski definition) is 4. The summed E-state index contributed by atoms with van der Waals surface area (Å²) in [4.78, 5) is 14.9. The molecule has 70 valence electrons. The zero-order chi connectivity index (χ0) is 9.56. The number of oxime groups is 1. The summed E-state index contributed by atoms with van der Waals surface area (Å²) < 4.78 is 10.8. The number of carbonyl (C=O) groups excluding carboxylic acids is 1. The van der Waals surface area contributed by atoms with Crippen LogP contribution in [-0.4, -0.2) is 28.6 Å². The van der Waals surface area contributed by atoms with Gasteiger partial charge in [0, 0.05) is 13.3 Å². The molecule has 1 atom stereocenters. The van der Waals surface area contributed by atoms with Crippen molar-refractivity contribution in [2.45, 2.75) is 13.3 Å². The van der Waals surface area contributed by atoms with Gasteiger partial charge in [-0.15, -0.1) is 0 Å². The quantitative estimate of drug-likeness (QED) is 0.299. The smallest absolute Gasteiger partial charge is 0.323 e. The van der Waals surface area contributed by atoms with Crippen LogP contribution >= 0.6 is 0 Å². The van der Waals surface area contributed by atoms with Crippen molar-refractivity contribution in [2.75, 3.05) is 13.3 Å². The average molecular weight is 192 g/mol.